The lowest BCUT2D eigenvalue weighted by Gasteiger charge is -2.12. The molecule has 0 spiro atoms. The Hall–Kier alpha value is -0.960. The monoisotopic (exact) mass is 303 g/mol. The van der Waals surface area contributed by atoms with Crippen molar-refractivity contribution in [2.45, 2.75) is 23.2 Å². The number of hydrogen-bond acceptors (Lipinski definition) is 2. The van der Waals surface area contributed by atoms with Crippen molar-refractivity contribution in [1.82, 2.24) is 5.32 Å². The molecule has 1 unspecified atom stereocenters. The highest BCUT2D eigenvalue weighted by Gasteiger charge is 2.21. The summed E-state index contributed by atoms with van der Waals surface area (Å²) in [5.41, 5.74) is 3.99. The number of fused-ring (bicyclic) bond motifs is 1. The molecule has 2 aromatic carbocycles. The molecule has 1 atom stereocenters. The van der Waals surface area contributed by atoms with Crippen molar-refractivity contribution in [3.05, 3.63) is 65.2 Å². The lowest BCUT2D eigenvalue weighted by molar-refractivity contribution is 0.621. The highest BCUT2D eigenvalue weighted by molar-refractivity contribution is 7.99. The van der Waals surface area contributed by atoms with E-state index in [0.717, 1.165) is 13.1 Å². The molecule has 0 radical (unpaired) electrons. The van der Waals surface area contributed by atoms with Crippen molar-refractivity contribution in [1.29, 1.82) is 0 Å². The molecule has 1 aliphatic rings. The van der Waals surface area contributed by atoms with Crippen LogP contribution in [0.3, 0.4) is 0 Å². The van der Waals surface area contributed by atoms with Gasteiger partial charge in [0.2, 0.25) is 0 Å². The molecule has 0 saturated heterocycles. The van der Waals surface area contributed by atoms with Gasteiger partial charge in [0.25, 0.3) is 0 Å². The van der Waals surface area contributed by atoms with Crippen LogP contribution < -0.4 is 5.32 Å². The normalized spacial score (nSPS) is 17.1. The fourth-order valence-corrected chi connectivity index (χ4v) is 4.03. The second-order valence-corrected chi connectivity index (χ2v) is 6.46. The fraction of sp³-hybridized carbons (Fsp3) is 0.294. The number of benzene rings is 2. The molecule has 1 heterocycles. The van der Waals surface area contributed by atoms with E-state index in [9.17, 15) is 0 Å². The van der Waals surface area contributed by atoms with Gasteiger partial charge in [0.05, 0.1) is 0 Å². The van der Waals surface area contributed by atoms with Crippen molar-refractivity contribution in [2.24, 2.45) is 0 Å². The summed E-state index contributed by atoms with van der Waals surface area (Å²) in [7, 11) is 0. The van der Waals surface area contributed by atoms with Gasteiger partial charge in [-0.15, -0.1) is 23.4 Å². The average molecular weight is 304 g/mol. The molecule has 1 nitrogen and oxygen atoms in total. The Morgan fingerprint density at radius 3 is 2.85 bits per heavy atom. The number of halogens is 1. The van der Waals surface area contributed by atoms with Gasteiger partial charge in [0.1, 0.15) is 0 Å². The Labute approximate surface area is 129 Å². The molecular formula is C17H18ClNS. The third kappa shape index (κ3) is 3.20. The van der Waals surface area contributed by atoms with Crippen LogP contribution >= 0.6 is 23.4 Å². The van der Waals surface area contributed by atoms with E-state index >= 15 is 0 Å². The second-order valence-electron chi connectivity index (χ2n) is 5.13. The van der Waals surface area contributed by atoms with Crippen molar-refractivity contribution in [3.8, 4) is 0 Å². The molecule has 0 saturated carbocycles. The van der Waals surface area contributed by atoms with Gasteiger partial charge in [0.15, 0.2) is 0 Å². The highest BCUT2D eigenvalue weighted by atomic mass is 35.5. The largest absolute Gasteiger partial charge is 0.312 e. The van der Waals surface area contributed by atoms with E-state index in [0.29, 0.717) is 11.8 Å². The smallest absolute Gasteiger partial charge is 0.0474 e. The lowest BCUT2D eigenvalue weighted by Crippen LogP contribution is -2.21. The lowest BCUT2D eigenvalue weighted by atomic mass is 10.0. The van der Waals surface area contributed by atoms with E-state index in [2.05, 4.69) is 53.8 Å². The van der Waals surface area contributed by atoms with Crippen LogP contribution in [0.5, 0.6) is 0 Å². The van der Waals surface area contributed by atoms with Crippen molar-refractivity contribution >= 4 is 23.4 Å². The predicted octanol–water partition coefficient (Wildman–Crippen LogP) is 4.40. The van der Waals surface area contributed by atoms with E-state index in [1.165, 1.54) is 27.3 Å². The number of rotatable bonds is 5. The van der Waals surface area contributed by atoms with Crippen LogP contribution in [0.1, 0.15) is 22.6 Å². The van der Waals surface area contributed by atoms with Gasteiger partial charge in [-0.2, -0.15) is 0 Å². The first kappa shape index (κ1) is 14.0. The van der Waals surface area contributed by atoms with Crippen molar-refractivity contribution < 1.29 is 0 Å². The summed E-state index contributed by atoms with van der Waals surface area (Å²) in [6.07, 6.45) is 0. The topological polar surface area (TPSA) is 12.0 Å². The van der Waals surface area contributed by atoms with Crippen molar-refractivity contribution in [2.75, 3.05) is 12.3 Å². The molecule has 2 aromatic rings. The van der Waals surface area contributed by atoms with Gasteiger partial charge < -0.3 is 5.32 Å². The summed E-state index contributed by atoms with van der Waals surface area (Å²) < 4.78 is 0. The third-order valence-electron chi connectivity index (χ3n) is 3.66. The van der Waals surface area contributed by atoms with Crippen molar-refractivity contribution in [3.63, 3.8) is 0 Å². The predicted molar refractivity (Wildman–Crippen MR) is 87.6 cm³/mol. The average Bonchev–Trinajstić information content (AvgIpc) is 2.91. The molecule has 1 aliphatic heterocycles. The maximum Gasteiger partial charge on any atom is 0.0474 e. The summed E-state index contributed by atoms with van der Waals surface area (Å²) in [6, 6.07) is 17.2. The summed E-state index contributed by atoms with van der Waals surface area (Å²) >= 11 is 7.84. The first-order valence-corrected chi connectivity index (χ1v) is 8.45. The minimum atomic E-state index is 0.584. The van der Waals surface area contributed by atoms with Crippen LogP contribution in [0.4, 0.5) is 0 Å². The Kier molecular flexibility index (Phi) is 4.66. The molecule has 0 amide bonds. The van der Waals surface area contributed by atoms with Crippen LogP contribution in [0.2, 0.25) is 0 Å². The van der Waals surface area contributed by atoms with Gasteiger partial charge >= 0.3 is 0 Å². The van der Waals surface area contributed by atoms with E-state index in [4.69, 9.17) is 11.6 Å². The van der Waals surface area contributed by atoms with Gasteiger partial charge in [-0.05, 0) is 22.8 Å². The number of thioether (sulfide) groups is 1. The Bertz CT molecular complexity index is 585. The highest BCUT2D eigenvalue weighted by Crippen LogP contribution is 2.38. The minimum absolute atomic E-state index is 0.584. The Balaban J connectivity index is 1.56. The summed E-state index contributed by atoms with van der Waals surface area (Å²) in [6.45, 7) is 1.95. The zero-order valence-electron chi connectivity index (χ0n) is 11.3. The number of hydrogen-bond donors (Lipinski definition) is 1. The maximum atomic E-state index is 5.87. The van der Waals surface area contributed by atoms with E-state index in [-0.39, 0.29) is 0 Å². The first-order chi connectivity index (χ1) is 9.86. The van der Waals surface area contributed by atoms with Gasteiger partial charge in [-0.3, -0.25) is 0 Å². The molecule has 3 heteroatoms. The minimum Gasteiger partial charge on any atom is -0.312 e. The zero-order chi connectivity index (χ0) is 13.8. The number of alkyl halides is 1. The molecule has 0 aliphatic carbocycles. The molecular weight excluding hydrogens is 286 g/mol. The van der Waals surface area contributed by atoms with E-state index in [1.54, 1.807) is 0 Å². The molecule has 0 aromatic heterocycles. The quantitative estimate of drug-likeness (QED) is 0.821. The summed E-state index contributed by atoms with van der Waals surface area (Å²) in [4.78, 5) is 1.45. The van der Waals surface area contributed by atoms with Crippen LogP contribution in [0, 0.1) is 0 Å². The maximum absolute atomic E-state index is 5.87. The standard InChI is InChI=1S/C17H18ClNS/c18-9-13-4-3-5-14(8-13)10-19-11-15-12-20-17-7-2-1-6-16(15)17/h1-8,15,19H,9-12H2. The van der Waals surface area contributed by atoms with Crippen LogP contribution in [-0.4, -0.2) is 12.3 Å². The fourth-order valence-electron chi connectivity index (χ4n) is 2.61. The Morgan fingerprint density at radius 2 is 1.95 bits per heavy atom. The SMILES string of the molecule is ClCc1cccc(CNCC2CSc3ccccc32)c1. The molecule has 104 valence electrons. The van der Waals surface area contributed by atoms with Crippen LogP contribution in [-0.2, 0) is 12.4 Å². The first-order valence-electron chi connectivity index (χ1n) is 6.93. The van der Waals surface area contributed by atoms with Gasteiger partial charge in [-0.25, -0.2) is 0 Å². The summed E-state index contributed by atoms with van der Waals surface area (Å²) in [5.74, 6) is 2.40. The second kappa shape index (κ2) is 6.66. The molecule has 1 N–H and O–H groups in total. The zero-order valence-corrected chi connectivity index (χ0v) is 12.9. The molecule has 20 heavy (non-hydrogen) atoms. The van der Waals surface area contributed by atoms with Gasteiger partial charge in [0, 0.05) is 35.5 Å². The summed E-state index contributed by atoms with van der Waals surface area (Å²) in [5, 5.41) is 3.58. The molecule has 3 rings (SSSR count). The van der Waals surface area contributed by atoms with Crippen LogP contribution in [0.15, 0.2) is 53.4 Å². The van der Waals surface area contributed by atoms with Crippen LogP contribution in [0.25, 0.3) is 0 Å². The molecule has 0 fully saturated rings. The van der Waals surface area contributed by atoms with Gasteiger partial charge in [-0.1, -0.05) is 42.5 Å². The number of nitrogens with one attached hydrogen (secondary N) is 1. The Morgan fingerprint density at radius 1 is 1.10 bits per heavy atom. The molecule has 0 bridgehead atoms. The third-order valence-corrected chi connectivity index (χ3v) is 5.22. The van der Waals surface area contributed by atoms with E-state index in [1.807, 2.05) is 11.8 Å². The van der Waals surface area contributed by atoms with E-state index < -0.39 is 0 Å².